The fraction of sp³-hybridized carbons (Fsp3) is 0.905. The number of nitrogens with zero attached hydrogens (tertiary/aromatic N) is 3. The first kappa shape index (κ1) is 21.4. The summed E-state index contributed by atoms with van der Waals surface area (Å²) >= 11 is 0. The topological polar surface area (TPSA) is 69.2 Å². The first-order valence-electron chi connectivity index (χ1n) is 11.4. The summed E-state index contributed by atoms with van der Waals surface area (Å²) in [6.07, 6.45) is 10.5. The second kappa shape index (κ2) is 11.6. The van der Waals surface area contributed by atoms with Crippen LogP contribution in [-0.2, 0) is 9.53 Å². The number of carbonyl (C=O) groups excluding carboxylic acids is 1. The van der Waals surface area contributed by atoms with Crippen LogP contribution in [0.2, 0.25) is 0 Å². The highest BCUT2D eigenvalue weighted by Crippen LogP contribution is 2.20. The third-order valence-electron chi connectivity index (χ3n) is 5.83. The molecule has 0 aromatic carbocycles. The average molecular weight is 394 g/mol. The molecule has 7 nitrogen and oxygen atoms in total. The molecule has 0 bridgehead atoms. The summed E-state index contributed by atoms with van der Waals surface area (Å²) in [4.78, 5) is 21.3. The SMILES string of the molecule is CCNC(=NCCOC1CCCCCC1)N1CCN(CC(=O)NC2CC2)CC1. The Kier molecular flexibility index (Phi) is 8.86. The molecule has 3 fully saturated rings. The zero-order chi connectivity index (χ0) is 19.6. The Hall–Kier alpha value is -1.34. The second-order valence-corrected chi connectivity index (χ2v) is 8.33. The van der Waals surface area contributed by atoms with Gasteiger partial charge in [0.15, 0.2) is 5.96 Å². The van der Waals surface area contributed by atoms with Gasteiger partial charge in [0.1, 0.15) is 0 Å². The quantitative estimate of drug-likeness (QED) is 0.284. The normalized spacial score (nSPS) is 22.8. The fourth-order valence-electron chi connectivity index (χ4n) is 4.03. The smallest absolute Gasteiger partial charge is 0.234 e. The molecule has 3 rings (SSSR count). The van der Waals surface area contributed by atoms with E-state index in [1.165, 1.54) is 38.5 Å². The van der Waals surface area contributed by atoms with Gasteiger partial charge in [0, 0.05) is 38.8 Å². The number of carbonyl (C=O) groups is 1. The molecule has 160 valence electrons. The summed E-state index contributed by atoms with van der Waals surface area (Å²) < 4.78 is 6.07. The van der Waals surface area contributed by atoms with Gasteiger partial charge in [-0.25, -0.2) is 0 Å². The van der Waals surface area contributed by atoms with Crippen LogP contribution >= 0.6 is 0 Å². The Bertz CT molecular complexity index is 493. The zero-order valence-electron chi connectivity index (χ0n) is 17.6. The molecule has 2 N–H and O–H groups in total. The molecule has 2 saturated carbocycles. The van der Waals surface area contributed by atoms with Gasteiger partial charge in [-0.2, -0.15) is 0 Å². The predicted molar refractivity (Wildman–Crippen MR) is 113 cm³/mol. The van der Waals surface area contributed by atoms with E-state index in [9.17, 15) is 4.79 Å². The van der Waals surface area contributed by atoms with E-state index in [2.05, 4.69) is 27.4 Å². The number of hydrogen-bond donors (Lipinski definition) is 2. The lowest BCUT2D eigenvalue weighted by Crippen LogP contribution is -2.54. The van der Waals surface area contributed by atoms with Crippen LogP contribution in [-0.4, -0.2) is 86.2 Å². The number of rotatable bonds is 8. The first-order chi connectivity index (χ1) is 13.7. The minimum atomic E-state index is 0.173. The predicted octanol–water partition coefficient (Wildman–Crippen LogP) is 1.59. The molecule has 0 aromatic heterocycles. The van der Waals surface area contributed by atoms with Crippen LogP contribution < -0.4 is 10.6 Å². The van der Waals surface area contributed by atoms with Gasteiger partial charge in [-0.3, -0.25) is 14.7 Å². The van der Waals surface area contributed by atoms with Crippen molar-refractivity contribution in [3.05, 3.63) is 0 Å². The molecular weight excluding hydrogens is 354 g/mol. The summed E-state index contributed by atoms with van der Waals surface area (Å²) in [5.74, 6) is 1.15. The van der Waals surface area contributed by atoms with Gasteiger partial charge in [0.2, 0.25) is 5.91 Å². The molecule has 0 unspecified atom stereocenters. The number of hydrogen-bond acceptors (Lipinski definition) is 4. The van der Waals surface area contributed by atoms with Crippen molar-refractivity contribution in [1.82, 2.24) is 20.4 Å². The van der Waals surface area contributed by atoms with Crippen LogP contribution in [0.3, 0.4) is 0 Å². The van der Waals surface area contributed by atoms with Crippen molar-refractivity contribution >= 4 is 11.9 Å². The van der Waals surface area contributed by atoms with Gasteiger partial charge in [0.25, 0.3) is 0 Å². The lowest BCUT2D eigenvalue weighted by Gasteiger charge is -2.36. The number of piperazine rings is 1. The standard InChI is InChI=1S/C21H39N5O2/c1-2-22-21(23-11-16-28-19-7-5-3-4-6-8-19)26-14-12-25(13-15-26)17-20(27)24-18-9-10-18/h18-19H,2-17H2,1H3,(H,22,23)(H,24,27). The van der Waals surface area contributed by atoms with Crippen molar-refractivity contribution in [1.29, 1.82) is 0 Å². The highest BCUT2D eigenvalue weighted by atomic mass is 16.5. The number of guanidine groups is 1. The summed E-state index contributed by atoms with van der Waals surface area (Å²) in [5.41, 5.74) is 0. The van der Waals surface area contributed by atoms with Crippen LogP contribution in [0.25, 0.3) is 0 Å². The van der Waals surface area contributed by atoms with Crippen molar-refractivity contribution < 1.29 is 9.53 Å². The van der Waals surface area contributed by atoms with E-state index in [0.717, 1.165) is 51.5 Å². The number of ether oxygens (including phenoxy) is 1. The van der Waals surface area contributed by atoms with Gasteiger partial charge < -0.3 is 20.3 Å². The Morgan fingerprint density at radius 3 is 2.39 bits per heavy atom. The first-order valence-corrected chi connectivity index (χ1v) is 11.4. The molecule has 0 radical (unpaired) electrons. The number of nitrogens with one attached hydrogen (secondary N) is 2. The van der Waals surface area contributed by atoms with Crippen LogP contribution in [0.15, 0.2) is 4.99 Å². The molecule has 0 aromatic rings. The molecular formula is C21H39N5O2. The molecule has 1 aliphatic heterocycles. The van der Waals surface area contributed by atoms with Crippen molar-refractivity contribution in [2.75, 3.05) is 52.4 Å². The largest absolute Gasteiger partial charge is 0.376 e. The van der Waals surface area contributed by atoms with Crippen molar-refractivity contribution in [2.24, 2.45) is 4.99 Å². The maximum absolute atomic E-state index is 12.0. The van der Waals surface area contributed by atoms with E-state index in [1.807, 2.05) is 0 Å². The maximum atomic E-state index is 12.0. The Balaban J connectivity index is 1.36. The molecule has 1 heterocycles. The summed E-state index contributed by atoms with van der Waals surface area (Å²) in [6.45, 7) is 8.54. The third kappa shape index (κ3) is 7.59. The maximum Gasteiger partial charge on any atom is 0.234 e. The van der Waals surface area contributed by atoms with E-state index < -0.39 is 0 Å². The third-order valence-corrected chi connectivity index (χ3v) is 5.83. The van der Waals surface area contributed by atoms with Crippen LogP contribution in [0.1, 0.15) is 58.3 Å². The van der Waals surface area contributed by atoms with E-state index >= 15 is 0 Å². The van der Waals surface area contributed by atoms with Crippen LogP contribution in [0.5, 0.6) is 0 Å². The molecule has 0 atom stereocenters. The Morgan fingerprint density at radius 1 is 1.04 bits per heavy atom. The molecule has 7 heteroatoms. The lowest BCUT2D eigenvalue weighted by molar-refractivity contribution is -0.122. The number of aliphatic imine (C=N–C) groups is 1. The van der Waals surface area contributed by atoms with Gasteiger partial charge in [-0.1, -0.05) is 25.7 Å². The fourth-order valence-corrected chi connectivity index (χ4v) is 4.03. The van der Waals surface area contributed by atoms with Gasteiger partial charge >= 0.3 is 0 Å². The second-order valence-electron chi connectivity index (χ2n) is 8.33. The molecule has 1 amide bonds. The van der Waals surface area contributed by atoms with E-state index in [1.54, 1.807) is 0 Å². The molecule has 1 saturated heterocycles. The summed E-state index contributed by atoms with van der Waals surface area (Å²) in [6, 6.07) is 0.446. The molecule has 2 aliphatic carbocycles. The monoisotopic (exact) mass is 393 g/mol. The average Bonchev–Trinajstić information content (AvgIpc) is 3.52. The summed E-state index contributed by atoms with van der Waals surface area (Å²) in [5, 5.41) is 6.49. The van der Waals surface area contributed by atoms with Gasteiger partial charge in [0.05, 0.1) is 25.8 Å². The van der Waals surface area contributed by atoms with Crippen molar-refractivity contribution in [2.45, 2.75) is 70.4 Å². The minimum absolute atomic E-state index is 0.173. The van der Waals surface area contributed by atoms with E-state index in [-0.39, 0.29) is 5.91 Å². The van der Waals surface area contributed by atoms with E-state index in [4.69, 9.17) is 9.73 Å². The minimum Gasteiger partial charge on any atom is -0.376 e. The number of amides is 1. The van der Waals surface area contributed by atoms with Crippen molar-refractivity contribution in [3.8, 4) is 0 Å². The van der Waals surface area contributed by atoms with E-state index in [0.29, 0.717) is 31.8 Å². The lowest BCUT2D eigenvalue weighted by atomic mass is 10.1. The van der Waals surface area contributed by atoms with Gasteiger partial charge in [-0.15, -0.1) is 0 Å². The highest BCUT2D eigenvalue weighted by molar-refractivity contribution is 5.80. The van der Waals surface area contributed by atoms with Crippen molar-refractivity contribution in [3.63, 3.8) is 0 Å². The Morgan fingerprint density at radius 2 is 1.75 bits per heavy atom. The molecule has 0 spiro atoms. The molecule has 28 heavy (non-hydrogen) atoms. The zero-order valence-corrected chi connectivity index (χ0v) is 17.6. The highest BCUT2D eigenvalue weighted by Gasteiger charge is 2.25. The Labute approximate surface area is 170 Å². The van der Waals surface area contributed by atoms with Crippen LogP contribution in [0.4, 0.5) is 0 Å². The summed E-state index contributed by atoms with van der Waals surface area (Å²) in [7, 11) is 0. The van der Waals surface area contributed by atoms with Crippen LogP contribution in [0, 0.1) is 0 Å². The van der Waals surface area contributed by atoms with Gasteiger partial charge in [-0.05, 0) is 32.6 Å². The molecule has 3 aliphatic rings.